The van der Waals surface area contributed by atoms with Crippen LogP contribution >= 0.6 is 0 Å². The summed E-state index contributed by atoms with van der Waals surface area (Å²) in [4.78, 5) is 15.7. The van der Waals surface area contributed by atoms with E-state index in [2.05, 4.69) is 56.5 Å². The number of H-pyrrole nitrogens is 2. The van der Waals surface area contributed by atoms with Gasteiger partial charge in [-0.3, -0.25) is 15.0 Å². The molecular formula is C28H29N7. The molecule has 1 aliphatic rings. The number of rotatable bonds is 7. The normalized spacial score (nSPS) is 15.5. The van der Waals surface area contributed by atoms with Crippen molar-refractivity contribution in [3.63, 3.8) is 0 Å². The number of aromatic nitrogens is 5. The van der Waals surface area contributed by atoms with E-state index in [-0.39, 0.29) is 6.04 Å². The third kappa shape index (κ3) is 4.36. The van der Waals surface area contributed by atoms with Gasteiger partial charge in [0.2, 0.25) is 0 Å². The highest BCUT2D eigenvalue weighted by molar-refractivity contribution is 5.74. The largest absolute Gasteiger partial charge is 0.341 e. The molecule has 0 saturated carbocycles. The summed E-state index contributed by atoms with van der Waals surface area (Å²) < 4.78 is 0. The predicted octanol–water partition coefficient (Wildman–Crippen LogP) is 4.89. The monoisotopic (exact) mass is 463 g/mol. The van der Waals surface area contributed by atoms with Crippen molar-refractivity contribution in [2.75, 3.05) is 0 Å². The number of benzene rings is 2. The molecule has 7 nitrogen and oxygen atoms in total. The molecule has 1 aliphatic carbocycles. The van der Waals surface area contributed by atoms with Crippen molar-refractivity contribution in [2.45, 2.75) is 44.9 Å². The Hall–Kier alpha value is -3.81. The number of nitrogens with one attached hydrogen (secondary N) is 2. The molecule has 176 valence electrons. The minimum Gasteiger partial charge on any atom is -0.341 e. The van der Waals surface area contributed by atoms with Crippen LogP contribution in [0.5, 0.6) is 0 Å². The molecule has 6 rings (SSSR count). The minimum atomic E-state index is 0.228. The molecule has 0 bridgehead atoms. The van der Waals surface area contributed by atoms with E-state index in [1.165, 1.54) is 16.8 Å². The zero-order valence-corrected chi connectivity index (χ0v) is 19.6. The summed E-state index contributed by atoms with van der Waals surface area (Å²) in [5, 5.41) is 7.14. The van der Waals surface area contributed by atoms with E-state index in [0.717, 1.165) is 59.5 Å². The zero-order chi connectivity index (χ0) is 23.6. The van der Waals surface area contributed by atoms with Crippen molar-refractivity contribution in [3.8, 4) is 11.3 Å². The van der Waals surface area contributed by atoms with Gasteiger partial charge in [-0.1, -0.05) is 30.3 Å². The van der Waals surface area contributed by atoms with Crippen molar-refractivity contribution >= 4 is 11.0 Å². The Bertz CT molecular complexity index is 1400. The second kappa shape index (κ2) is 9.44. The van der Waals surface area contributed by atoms with Crippen LogP contribution in [0.15, 0.2) is 73.1 Å². The van der Waals surface area contributed by atoms with Gasteiger partial charge >= 0.3 is 0 Å². The lowest BCUT2D eigenvalue weighted by Crippen LogP contribution is -2.32. The van der Waals surface area contributed by atoms with Crippen molar-refractivity contribution in [2.24, 2.45) is 5.73 Å². The summed E-state index contributed by atoms with van der Waals surface area (Å²) >= 11 is 0. The second-order valence-electron chi connectivity index (χ2n) is 9.22. The fraction of sp³-hybridized carbons (Fsp3) is 0.250. The Morgan fingerprint density at radius 2 is 1.91 bits per heavy atom. The van der Waals surface area contributed by atoms with Gasteiger partial charge in [0.25, 0.3) is 0 Å². The first-order chi connectivity index (χ1) is 17.3. The third-order valence-electron chi connectivity index (χ3n) is 7.01. The highest BCUT2D eigenvalue weighted by Crippen LogP contribution is 2.35. The summed E-state index contributed by atoms with van der Waals surface area (Å²) in [6.07, 6.45) is 7.01. The highest BCUT2D eigenvalue weighted by Gasteiger charge is 2.28. The van der Waals surface area contributed by atoms with E-state index >= 15 is 0 Å². The molecule has 3 heterocycles. The summed E-state index contributed by atoms with van der Waals surface area (Å²) in [5.74, 6) is 0.970. The third-order valence-corrected chi connectivity index (χ3v) is 7.01. The van der Waals surface area contributed by atoms with E-state index < -0.39 is 0 Å². The summed E-state index contributed by atoms with van der Waals surface area (Å²) in [5.41, 5.74) is 15.3. The fourth-order valence-corrected chi connectivity index (χ4v) is 5.26. The second-order valence-corrected chi connectivity index (χ2v) is 9.22. The number of nitrogens with two attached hydrogens (primary N) is 1. The maximum Gasteiger partial charge on any atom is 0.121 e. The molecule has 4 N–H and O–H groups in total. The van der Waals surface area contributed by atoms with E-state index in [1.54, 1.807) is 6.20 Å². The van der Waals surface area contributed by atoms with Gasteiger partial charge < -0.3 is 10.7 Å². The van der Waals surface area contributed by atoms with Crippen LogP contribution in [0.1, 0.15) is 47.1 Å². The van der Waals surface area contributed by atoms with Crippen LogP contribution in [-0.4, -0.2) is 30.0 Å². The lowest BCUT2D eigenvalue weighted by molar-refractivity contribution is 0.153. The van der Waals surface area contributed by atoms with E-state index in [1.807, 2.05) is 30.5 Å². The zero-order valence-electron chi connectivity index (χ0n) is 19.6. The first kappa shape index (κ1) is 21.7. The highest BCUT2D eigenvalue weighted by atomic mass is 15.2. The number of aromatic amines is 2. The molecule has 0 radical (unpaired) electrons. The molecule has 0 fully saturated rings. The van der Waals surface area contributed by atoms with Crippen LogP contribution in [0.3, 0.4) is 0 Å². The number of hydrogen-bond acceptors (Lipinski definition) is 5. The smallest absolute Gasteiger partial charge is 0.121 e. The summed E-state index contributed by atoms with van der Waals surface area (Å²) in [6.45, 7) is 1.96. The van der Waals surface area contributed by atoms with Gasteiger partial charge in [0, 0.05) is 25.5 Å². The van der Waals surface area contributed by atoms with E-state index in [0.29, 0.717) is 13.1 Å². The predicted molar refractivity (Wildman–Crippen MR) is 137 cm³/mol. The van der Waals surface area contributed by atoms with Gasteiger partial charge in [-0.2, -0.15) is 5.10 Å². The molecule has 1 unspecified atom stereocenters. The van der Waals surface area contributed by atoms with Crippen LogP contribution in [0.2, 0.25) is 0 Å². The first-order valence-electron chi connectivity index (χ1n) is 12.2. The molecule has 2 aromatic carbocycles. The van der Waals surface area contributed by atoms with Crippen LogP contribution in [0.25, 0.3) is 22.3 Å². The van der Waals surface area contributed by atoms with Crippen molar-refractivity contribution in [1.82, 2.24) is 30.0 Å². The lowest BCUT2D eigenvalue weighted by atomic mass is 9.90. The molecule has 0 amide bonds. The molecule has 7 heteroatoms. The Kier molecular flexibility index (Phi) is 5.86. The van der Waals surface area contributed by atoms with Gasteiger partial charge in [0.05, 0.1) is 35.0 Å². The van der Waals surface area contributed by atoms with Crippen LogP contribution < -0.4 is 5.73 Å². The Morgan fingerprint density at radius 1 is 0.971 bits per heavy atom. The van der Waals surface area contributed by atoms with Crippen molar-refractivity contribution in [1.29, 1.82) is 0 Å². The van der Waals surface area contributed by atoms with E-state index in [9.17, 15) is 0 Å². The molecular weight excluding hydrogens is 434 g/mol. The van der Waals surface area contributed by atoms with Gasteiger partial charge in [0.15, 0.2) is 0 Å². The Labute approximate surface area is 204 Å². The first-order valence-corrected chi connectivity index (χ1v) is 12.2. The number of pyridine rings is 1. The van der Waals surface area contributed by atoms with Crippen LogP contribution in [-0.2, 0) is 26.1 Å². The average molecular weight is 464 g/mol. The molecule has 35 heavy (non-hydrogen) atoms. The number of aryl methyl sites for hydroxylation is 1. The average Bonchev–Trinajstić information content (AvgIpc) is 3.58. The molecule has 3 aromatic heterocycles. The maximum absolute atomic E-state index is 6.23. The standard InChI is InChI=1S/C28H29N7/c29-16-22-15-20(23-12-14-31-34-23)10-11-21(22)17-35(18-27-32-24-7-1-2-8-25(24)33-27)26-9-3-5-19-6-4-13-30-28(19)26/h1-2,4,6-8,10-15,26H,3,5,9,16-18,29H2,(H,31,34)(H,32,33). The van der Waals surface area contributed by atoms with Gasteiger partial charge in [0.1, 0.15) is 5.82 Å². The quantitative estimate of drug-likeness (QED) is 0.319. The number of fused-ring (bicyclic) bond motifs is 2. The van der Waals surface area contributed by atoms with Gasteiger partial charge in [-0.25, -0.2) is 4.98 Å². The van der Waals surface area contributed by atoms with Crippen molar-refractivity contribution in [3.05, 3.63) is 101 Å². The number of nitrogens with zero attached hydrogens (tertiary/aromatic N) is 4. The lowest BCUT2D eigenvalue weighted by Gasteiger charge is -2.35. The Balaban J connectivity index is 1.37. The summed E-state index contributed by atoms with van der Waals surface area (Å²) in [6, 6.07) is 21.2. The van der Waals surface area contributed by atoms with Crippen LogP contribution in [0.4, 0.5) is 0 Å². The molecule has 0 aliphatic heterocycles. The van der Waals surface area contributed by atoms with Crippen LogP contribution in [0, 0.1) is 0 Å². The topological polar surface area (TPSA) is 99.5 Å². The summed E-state index contributed by atoms with van der Waals surface area (Å²) in [7, 11) is 0. The number of imidazole rings is 1. The SMILES string of the molecule is NCc1cc(-c2ccn[nH]2)ccc1CN(Cc1nc2ccccc2[nH]1)C1CCCc2cccnc21. The number of para-hydroxylation sites is 2. The molecule has 5 aromatic rings. The fourth-order valence-electron chi connectivity index (χ4n) is 5.26. The van der Waals surface area contributed by atoms with E-state index in [4.69, 9.17) is 15.7 Å². The molecule has 0 spiro atoms. The Morgan fingerprint density at radius 3 is 2.77 bits per heavy atom. The van der Waals surface area contributed by atoms with Crippen molar-refractivity contribution < 1.29 is 0 Å². The molecule has 0 saturated heterocycles. The number of hydrogen-bond donors (Lipinski definition) is 3. The van der Waals surface area contributed by atoms with Gasteiger partial charge in [-0.05, 0) is 71.8 Å². The van der Waals surface area contributed by atoms with Gasteiger partial charge in [-0.15, -0.1) is 0 Å². The maximum atomic E-state index is 6.23. The minimum absolute atomic E-state index is 0.228. The molecule has 1 atom stereocenters.